The van der Waals surface area contributed by atoms with Gasteiger partial charge in [-0.25, -0.2) is 0 Å². The van der Waals surface area contributed by atoms with Gasteiger partial charge < -0.3 is 25.2 Å². The average molecular weight is 499 g/mol. The number of carbonyl (C=O) groups excluding carboxylic acids is 2. The first-order valence-electron chi connectivity index (χ1n) is 13.7. The van der Waals surface area contributed by atoms with Crippen LogP contribution in [0.3, 0.4) is 0 Å². The zero-order valence-electron chi connectivity index (χ0n) is 23.1. The molecular formula is C29H46N4O3. The minimum atomic E-state index is -0.374. The van der Waals surface area contributed by atoms with Gasteiger partial charge in [-0.15, -0.1) is 0 Å². The van der Waals surface area contributed by atoms with Crippen molar-refractivity contribution in [3.05, 3.63) is 29.5 Å². The highest BCUT2D eigenvalue weighted by atomic mass is 16.3. The second-order valence-corrected chi connectivity index (χ2v) is 11.0. The van der Waals surface area contributed by atoms with Crippen molar-refractivity contribution in [2.24, 2.45) is 11.8 Å². The first-order chi connectivity index (χ1) is 17.2. The molecule has 1 aliphatic rings. The fraction of sp³-hybridized carbons (Fsp3) is 0.655. The highest BCUT2D eigenvalue weighted by Gasteiger charge is 2.35. The molecule has 0 radical (unpaired) electrons. The Bertz CT molecular complexity index is 1030. The zero-order chi connectivity index (χ0) is 26.4. The molecule has 36 heavy (non-hydrogen) atoms. The molecule has 0 saturated carbocycles. The van der Waals surface area contributed by atoms with Crippen LogP contribution in [0.4, 0.5) is 5.69 Å². The van der Waals surface area contributed by atoms with E-state index in [2.05, 4.69) is 49.0 Å². The smallest absolute Gasteiger partial charge is 0.243 e. The number of unbranched alkanes of at least 4 members (excludes halogenated alkanes) is 1. The maximum atomic E-state index is 13.6. The number of carbonyl (C=O) groups is 2. The Kier molecular flexibility index (Phi) is 9.97. The number of aliphatic hydroxyl groups excluding tert-OH is 1. The molecule has 7 heteroatoms. The summed E-state index contributed by atoms with van der Waals surface area (Å²) in [4.78, 5) is 34.5. The first kappa shape index (κ1) is 28.2. The highest BCUT2D eigenvalue weighted by molar-refractivity contribution is 6.11. The van der Waals surface area contributed by atoms with Gasteiger partial charge >= 0.3 is 0 Å². The molecule has 0 saturated heterocycles. The third-order valence-corrected chi connectivity index (χ3v) is 7.56. The minimum absolute atomic E-state index is 0.0391. The lowest BCUT2D eigenvalue weighted by Gasteiger charge is -2.38. The minimum Gasteiger partial charge on any atom is -0.394 e. The second-order valence-electron chi connectivity index (χ2n) is 11.0. The SMILES string of the molecule is CCCCC(CC)CN1c2ccc(C(=O)CCN(C)C)c3[nH]cc(c23)C[C@@H](CO)NC(=O)[C@@H]1C(C)C. The molecule has 200 valence electrons. The maximum absolute atomic E-state index is 13.6. The molecule has 3 N–H and O–H groups in total. The van der Waals surface area contributed by atoms with Crippen LogP contribution in [-0.2, 0) is 11.2 Å². The van der Waals surface area contributed by atoms with E-state index in [-0.39, 0.29) is 36.3 Å². The van der Waals surface area contributed by atoms with Crippen molar-refractivity contribution in [2.75, 3.05) is 38.7 Å². The monoisotopic (exact) mass is 498 g/mol. The third kappa shape index (κ3) is 6.30. The van der Waals surface area contributed by atoms with E-state index < -0.39 is 0 Å². The van der Waals surface area contributed by atoms with Crippen LogP contribution in [0.15, 0.2) is 18.3 Å². The molecule has 2 heterocycles. The number of nitrogens with one attached hydrogen (secondary N) is 2. The number of anilines is 1. The molecular weight excluding hydrogens is 452 g/mol. The molecule has 1 unspecified atom stereocenters. The number of rotatable bonds is 12. The zero-order valence-corrected chi connectivity index (χ0v) is 23.1. The molecule has 3 atom stereocenters. The van der Waals surface area contributed by atoms with Crippen LogP contribution < -0.4 is 10.2 Å². The van der Waals surface area contributed by atoms with E-state index in [4.69, 9.17) is 0 Å². The molecule has 0 fully saturated rings. The summed E-state index contributed by atoms with van der Waals surface area (Å²) >= 11 is 0. The molecule has 0 spiro atoms. The Hall–Kier alpha value is -2.38. The number of aliphatic hydroxyl groups is 1. The van der Waals surface area contributed by atoms with Gasteiger partial charge in [-0.2, -0.15) is 0 Å². The van der Waals surface area contributed by atoms with Crippen LogP contribution in [0.5, 0.6) is 0 Å². The lowest BCUT2D eigenvalue weighted by Crippen LogP contribution is -2.54. The van der Waals surface area contributed by atoms with Gasteiger partial charge in [0.15, 0.2) is 5.78 Å². The van der Waals surface area contributed by atoms with E-state index in [0.29, 0.717) is 30.9 Å². The number of H-pyrrole nitrogens is 1. The fourth-order valence-electron chi connectivity index (χ4n) is 5.47. The average Bonchev–Trinajstić information content (AvgIpc) is 3.27. The molecule has 3 rings (SSSR count). The summed E-state index contributed by atoms with van der Waals surface area (Å²) in [6, 6.07) is 3.25. The summed E-state index contributed by atoms with van der Waals surface area (Å²) in [7, 11) is 3.94. The number of nitrogens with zero attached hydrogens (tertiary/aromatic N) is 2. The van der Waals surface area contributed by atoms with Crippen LogP contribution in [0.1, 0.15) is 75.7 Å². The Balaban J connectivity index is 2.19. The van der Waals surface area contributed by atoms with Gasteiger partial charge in [-0.3, -0.25) is 9.59 Å². The number of amides is 1. The quantitative estimate of drug-likeness (QED) is 0.378. The standard InChI is InChI=1S/C29H46N4O3/c1-7-9-10-20(8-2)17-33-24-12-11-23(25(35)13-14-32(5)6)27-26(24)21(16-30-27)15-22(18-34)31-29(36)28(33)19(3)4/h11-12,16,19-20,22,28,30,34H,7-10,13-15,17-18H2,1-6H3,(H,31,36)/t20?,22-,28-/m0/s1. The highest BCUT2D eigenvalue weighted by Crippen LogP contribution is 2.37. The number of Topliss-reactive ketones (excluding diaryl/α,β-unsaturated/α-hetero) is 1. The Morgan fingerprint density at radius 1 is 1.25 bits per heavy atom. The molecule has 0 aliphatic carbocycles. The maximum Gasteiger partial charge on any atom is 0.243 e. The lowest BCUT2D eigenvalue weighted by molar-refractivity contribution is -0.124. The van der Waals surface area contributed by atoms with E-state index in [9.17, 15) is 14.7 Å². The summed E-state index contributed by atoms with van der Waals surface area (Å²) in [6.45, 7) is 9.96. The van der Waals surface area contributed by atoms with E-state index >= 15 is 0 Å². The summed E-state index contributed by atoms with van der Waals surface area (Å²) in [5.41, 5.74) is 3.57. The van der Waals surface area contributed by atoms with Crippen LogP contribution in [0.25, 0.3) is 10.9 Å². The Morgan fingerprint density at radius 2 is 2.00 bits per heavy atom. The Morgan fingerprint density at radius 3 is 2.61 bits per heavy atom. The van der Waals surface area contributed by atoms with Gasteiger partial charge in [-0.1, -0.05) is 47.0 Å². The van der Waals surface area contributed by atoms with Gasteiger partial charge in [0.2, 0.25) is 5.91 Å². The number of benzene rings is 1. The molecule has 1 aromatic heterocycles. The topological polar surface area (TPSA) is 88.7 Å². The van der Waals surface area contributed by atoms with E-state index in [1.165, 1.54) is 6.42 Å². The van der Waals surface area contributed by atoms with Crippen molar-refractivity contribution in [1.82, 2.24) is 15.2 Å². The fourth-order valence-corrected chi connectivity index (χ4v) is 5.47. The molecule has 7 nitrogen and oxygen atoms in total. The number of aromatic nitrogens is 1. The van der Waals surface area contributed by atoms with Gasteiger partial charge in [-0.05, 0) is 56.5 Å². The first-order valence-corrected chi connectivity index (χ1v) is 13.7. The predicted molar refractivity (Wildman–Crippen MR) is 148 cm³/mol. The number of ketones is 1. The summed E-state index contributed by atoms with van der Waals surface area (Å²) in [5.74, 6) is 0.609. The normalized spacial score (nSPS) is 19.4. The third-order valence-electron chi connectivity index (χ3n) is 7.56. The van der Waals surface area contributed by atoms with E-state index in [1.807, 2.05) is 31.3 Å². The molecule has 0 bridgehead atoms. The van der Waals surface area contributed by atoms with Crippen LogP contribution in [0.2, 0.25) is 0 Å². The van der Waals surface area contributed by atoms with Crippen LogP contribution in [-0.4, -0.2) is 72.6 Å². The van der Waals surface area contributed by atoms with E-state index in [0.717, 1.165) is 48.0 Å². The molecule has 1 aliphatic heterocycles. The summed E-state index contributed by atoms with van der Waals surface area (Å²) < 4.78 is 0. The molecule has 2 aromatic rings. The van der Waals surface area contributed by atoms with Crippen molar-refractivity contribution >= 4 is 28.3 Å². The number of hydrogen-bond donors (Lipinski definition) is 3. The van der Waals surface area contributed by atoms with Gasteiger partial charge in [0.1, 0.15) is 6.04 Å². The van der Waals surface area contributed by atoms with Gasteiger partial charge in [0.05, 0.1) is 18.2 Å². The van der Waals surface area contributed by atoms with Crippen molar-refractivity contribution in [3.8, 4) is 0 Å². The van der Waals surface area contributed by atoms with Crippen molar-refractivity contribution in [3.63, 3.8) is 0 Å². The molecule has 1 amide bonds. The van der Waals surface area contributed by atoms with Crippen molar-refractivity contribution < 1.29 is 14.7 Å². The van der Waals surface area contributed by atoms with E-state index in [1.54, 1.807) is 0 Å². The van der Waals surface area contributed by atoms with Gasteiger partial charge in [0.25, 0.3) is 0 Å². The van der Waals surface area contributed by atoms with Crippen LogP contribution >= 0.6 is 0 Å². The number of hydrogen-bond acceptors (Lipinski definition) is 5. The Labute approximate surface area is 216 Å². The van der Waals surface area contributed by atoms with Gasteiger partial charge in [0, 0.05) is 42.3 Å². The summed E-state index contributed by atoms with van der Waals surface area (Å²) in [6.07, 6.45) is 7.40. The summed E-state index contributed by atoms with van der Waals surface area (Å²) in [5, 5.41) is 14.2. The van der Waals surface area contributed by atoms with Crippen molar-refractivity contribution in [1.29, 1.82) is 0 Å². The van der Waals surface area contributed by atoms with Crippen molar-refractivity contribution in [2.45, 2.75) is 78.3 Å². The lowest BCUT2D eigenvalue weighted by atomic mass is 9.93. The predicted octanol–water partition coefficient (Wildman–Crippen LogP) is 4.38. The second kappa shape index (κ2) is 12.7. The molecule has 1 aromatic carbocycles. The largest absolute Gasteiger partial charge is 0.394 e. The number of aromatic amines is 1. The van der Waals surface area contributed by atoms with Crippen LogP contribution in [0, 0.1) is 11.8 Å².